The van der Waals surface area contributed by atoms with Crippen LogP contribution in [0.25, 0.3) is 11.0 Å². The lowest BCUT2D eigenvalue weighted by Gasteiger charge is -2.03. The van der Waals surface area contributed by atoms with Crippen molar-refractivity contribution >= 4 is 22.7 Å². The van der Waals surface area contributed by atoms with Crippen molar-refractivity contribution in [1.82, 2.24) is 0 Å². The van der Waals surface area contributed by atoms with E-state index >= 15 is 0 Å². The molecule has 0 aliphatic carbocycles. The van der Waals surface area contributed by atoms with Gasteiger partial charge in [-0.3, -0.25) is 0 Å². The van der Waals surface area contributed by atoms with E-state index in [0.717, 1.165) is 17.6 Å². The molecule has 0 amide bonds. The van der Waals surface area contributed by atoms with E-state index in [0.29, 0.717) is 17.9 Å². The van der Waals surface area contributed by atoms with Gasteiger partial charge in [0.2, 0.25) is 5.76 Å². The minimum atomic E-state index is 0.260. The standard InChI is InChI=1S/C13H13NO2S/c1-17-8-4-7-15-13-10-5-2-3-6-11(10)16-12(13)9-14/h2-3,5-6H,4,7-8H2,1H3. The Labute approximate surface area is 104 Å². The molecule has 88 valence electrons. The second kappa shape index (κ2) is 5.65. The number of fused-ring (bicyclic) bond motifs is 1. The normalized spacial score (nSPS) is 10.4. The molecule has 0 aliphatic rings. The Morgan fingerprint density at radius 2 is 2.24 bits per heavy atom. The predicted molar refractivity (Wildman–Crippen MR) is 69.4 cm³/mol. The van der Waals surface area contributed by atoms with E-state index in [9.17, 15) is 0 Å². The summed E-state index contributed by atoms with van der Waals surface area (Å²) in [5, 5.41) is 9.86. The van der Waals surface area contributed by atoms with Crippen LogP contribution in [0.3, 0.4) is 0 Å². The van der Waals surface area contributed by atoms with Crippen LogP contribution in [0.15, 0.2) is 28.7 Å². The van der Waals surface area contributed by atoms with Gasteiger partial charge < -0.3 is 9.15 Å². The Balaban J connectivity index is 2.22. The highest BCUT2D eigenvalue weighted by Gasteiger charge is 2.14. The molecule has 17 heavy (non-hydrogen) atoms. The number of hydrogen-bond acceptors (Lipinski definition) is 4. The maximum absolute atomic E-state index is 8.99. The number of benzene rings is 1. The number of rotatable bonds is 5. The van der Waals surface area contributed by atoms with E-state index in [1.165, 1.54) is 0 Å². The average Bonchev–Trinajstić information content (AvgIpc) is 2.73. The summed E-state index contributed by atoms with van der Waals surface area (Å²) in [6, 6.07) is 9.56. The van der Waals surface area contributed by atoms with Gasteiger partial charge in [-0.25, -0.2) is 0 Å². The van der Waals surface area contributed by atoms with E-state index in [4.69, 9.17) is 14.4 Å². The number of furan rings is 1. The molecule has 0 N–H and O–H groups in total. The molecular weight excluding hydrogens is 234 g/mol. The van der Waals surface area contributed by atoms with Gasteiger partial charge in [0, 0.05) is 0 Å². The highest BCUT2D eigenvalue weighted by atomic mass is 32.2. The lowest BCUT2D eigenvalue weighted by atomic mass is 10.2. The summed E-state index contributed by atoms with van der Waals surface area (Å²) < 4.78 is 11.1. The molecule has 0 bridgehead atoms. The van der Waals surface area contributed by atoms with Crippen molar-refractivity contribution in [2.75, 3.05) is 18.6 Å². The third kappa shape index (κ3) is 2.56. The van der Waals surface area contributed by atoms with Crippen molar-refractivity contribution in [3.05, 3.63) is 30.0 Å². The van der Waals surface area contributed by atoms with Crippen molar-refractivity contribution in [2.24, 2.45) is 0 Å². The van der Waals surface area contributed by atoms with Gasteiger partial charge >= 0.3 is 0 Å². The Morgan fingerprint density at radius 3 is 3.00 bits per heavy atom. The van der Waals surface area contributed by atoms with E-state index in [-0.39, 0.29) is 5.76 Å². The summed E-state index contributed by atoms with van der Waals surface area (Å²) >= 11 is 1.78. The molecule has 0 fully saturated rings. The van der Waals surface area contributed by atoms with Gasteiger partial charge in [0.05, 0.1) is 12.0 Å². The number of para-hydroxylation sites is 1. The topological polar surface area (TPSA) is 46.2 Å². The van der Waals surface area contributed by atoms with Crippen molar-refractivity contribution in [3.63, 3.8) is 0 Å². The molecule has 0 radical (unpaired) electrons. The third-order valence-corrected chi connectivity index (χ3v) is 3.09. The number of thioether (sulfide) groups is 1. The van der Waals surface area contributed by atoms with Crippen LogP contribution in [0.5, 0.6) is 5.75 Å². The number of hydrogen-bond donors (Lipinski definition) is 0. The van der Waals surface area contributed by atoms with Gasteiger partial charge in [0.25, 0.3) is 0 Å². The lowest BCUT2D eigenvalue weighted by Crippen LogP contribution is -1.99. The van der Waals surface area contributed by atoms with Crippen LogP contribution in [-0.2, 0) is 0 Å². The smallest absolute Gasteiger partial charge is 0.246 e. The molecule has 0 atom stereocenters. The predicted octanol–water partition coefficient (Wildman–Crippen LogP) is 3.44. The minimum absolute atomic E-state index is 0.260. The summed E-state index contributed by atoms with van der Waals surface area (Å²) in [5.74, 6) is 1.89. The fraction of sp³-hybridized carbons (Fsp3) is 0.308. The van der Waals surface area contributed by atoms with Gasteiger partial charge in [-0.2, -0.15) is 17.0 Å². The molecule has 1 aromatic heterocycles. The summed E-state index contributed by atoms with van der Waals surface area (Å²) in [6.45, 7) is 0.610. The first kappa shape index (κ1) is 11.9. The van der Waals surface area contributed by atoms with Crippen LogP contribution in [0, 0.1) is 11.3 Å². The molecule has 1 aromatic carbocycles. The molecular formula is C13H13NO2S. The fourth-order valence-corrected chi connectivity index (χ4v) is 2.02. The highest BCUT2D eigenvalue weighted by molar-refractivity contribution is 7.98. The zero-order chi connectivity index (χ0) is 12.1. The third-order valence-electron chi connectivity index (χ3n) is 2.39. The van der Waals surface area contributed by atoms with Gasteiger partial charge in [-0.15, -0.1) is 0 Å². The minimum Gasteiger partial charge on any atom is -0.488 e. The second-order valence-corrected chi connectivity index (χ2v) is 4.55. The molecule has 0 saturated carbocycles. The van der Waals surface area contributed by atoms with Crippen LogP contribution in [0.4, 0.5) is 0 Å². The number of nitriles is 1. The molecule has 0 saturated heterocycles. The zero-order valence-electron chi connectivity index (χ0n) is 9.60. The van der Waals surface area contributed by atoms with Crippen molar-refractivity contribution in [3.8, 4) is 11.8 Å². The molecule has 1 heterocycles. The maximum atomic E-state index is 8.99. The second-order valence-electron chi connectivity index (χ2n) is 3.56. The summed E-state index contributed by atoms with van der Waals surface area (Å²) in [7, 11) is 0. The summed E-state index contributed by atoms with van der Waals surface area (Å²) in [6.07, 6.45) is 3.03. The van der Waals surface area contributed by atoms with Crippen LogP contribution in [-0.4, -0.2) is 18.6 Å². The summed E-state index contributed by atoms with van der Waals surface area (Å²) in [4.78, 5) is 0. The number of ether oxygens (including phenoxy) is 1. The Hall–Kier alpha value is -1.60. The Kier molecular flexibility index (Phi) is 3.94. The largest absolute Gasteiger partial charge is 0.488 e. The quantitative estimate of drug-likeness (QED) is 0.759. The van der Waals surface area contributed by atoms with Crippen LogP contribution in [0.1, 0.15) is 12.2 Å². The van der Waals surface area contributed by atoms with Crippen molar-refractivity contribution in [1.29, 1.82) is 5.26 Å². The van der Waals surface area contributed by atoms with Crippen LogP contribution >= 0.6 is 11.8 Å². The van der Waals surface area contributed by atoms with Gasteiger partial charge in [-0.1, -0.05) is 12.1 Å². The first-order valence-corrected chi connectivity index (χ1v) is 6.79. The Morgan fingerprint density at radius 1 is 1.41 bits per heavy atom. The van der Waals surface area contributed by atoms with Crippen LogP contribution in [0.2, 0.25) is 0 Å². The first-order valence-electron chi connectivity index (χ1n) is 5.40. The Bertz CT molecular complexity index is 542. The highest BCUT2D eigenvalue weighted by Crippen LogP contribution is 2.32. The first-order chi connectivity index (χ1) is 8.36. The molecule has 2 aromatic rings. The average molecular weight is 247 g/mol. The van der Waals surface area contributed by atoms with Crippen molar-refractivity contribution in [2.45, 2.75) is 6.42 Å². The van der Waals surface area contributed by atoms with Crippen LogP contribution < -0.4 is 4.74 Å². The summed E-state index contributed by atoms with van der Waals surface area (Å²) in [5.41, 5.74) is 0.698. The molecule has 0 unspecified atom stereocenters. The molecule has 2 rings (SSSR count). The van der Waals surface area contributed by atoms with Gasteiger partial charge in [-0.05, 0) is 30.6 Å². The van der Waals surface area contributed by atoms with E-state index in [1.54, 1.807) is 11.8 Å². The van der Waals surface area contributed by atoms with E-state index in [2.05, 4.69) is 6.26 Å². The number of nitrogens with zero attached hydrogens (tertiary/aromatic N) is 1. The molecule has 3 nitrogen and oxygen atoms in total. The van der Waals surface area contributed by atoms with Gasteiger partial charge in [0.15, 0.2) is 5.75 Å². The van der Waals surface area contributed by atoms with E-state index < -0.39 is 0 Å². The molecule has 0 aliphatic heterocycles. The maximum Gasteiger partial charge on any atom is 0.246 e. The lowest BCUT2D eigenvalue weighted by molar-refractivity contribution is 0.316. The monoisotopic (exact) mass is 247 g/mol. The zero-order valence-corrected chi connectivity index (χ0v) is 10.4. The fourth-order valence-electron chi connectivity index (χ4n) is 1.62. The van der Waals surface area contributed by atoms with E-state index in [1.807, 2.05) is 30.3 Å². The SMILES string of the molecule is CSCCCOc1c(C#N)oc2ccccc12. The molecule has 4 heteroatoms. The molecule has 0 spiro atoms. The van der Waals surface area contributed by atoms with Crippen molar-refractivity contribution < 1.29 is 9.15 Å². The van der Waals surface area contributed by atoms with Gasteiger partial charge in [0.1, 0.15) is 11.7 Å².